The molecule has 2 aromatic rings. The monoisotopic (exact) mass is 256 g/mol. The van der Waals surface area contributed by atoms with Crippen LogP contribution in [0.2, 0.25) is 0 Å². The molecule has 0 heterocycles. The lowest BCUT2D eigenvalue weighted by molar-refractivity contribution is -0.134. The Morgan fingerprint density at radius 1 is 1.00 bits per heavy atom. The van der Waals surface area contributed by atoms with Crippen LogP contribution in [0.1, 0.15) is 13.3 Å². The molecule has 98 valence electrons. The van der Waals surface area contributed by atoms with Crippen LogP contribution in [-0.4, -0.2) is 13.1 Å². The summed E-state index contributed by atoms with van der Waals surface area (Å²) >= 11 is 0. The van der Waals surface area contributed by atoms with Crippen LogP contribution in [0.3, 0.4) is 0 Å². The minimum atomic E-state index is -0.230. The first-order valence-electron chi connectivity index (χ1n) is 6.18. The Hall–Kier alpha value is -2.29. The van der Waals surface area contributed by atoms with Crippen LogP contribution in [0.15, 0.2) is 48.5 Å². The lowest BCUT2D eigenvalue weighted by Gasteiger charge is -2.07. The van der Waals surface area contributed by atoms with Gasteiger partial charge in [-0.3, -0.25) is 4.79 Å². The van der Waals surface area contributed by atoms with Crippen molar-refractivity contribution in [1.29, 1.82) is 0 Å². The number of carbonyl (C=O) groups excluding carboxylic acids is 1. The van der Waals surface area contributed by atoms with Crippen molar-refractivity contribution in [2.24, 2.45) is 0 Å². The number of ether oxygens (including phenoxy) is 2. The predicted molar refractivity (Wildman–Crippen MR) is 74.4 cm³/mol. The van der Waals surface area contributed by atoms with E-state index in [0.717, 1.165) is 16.9 Å². The summed E-state index contributed by atoms with van der Waals surface area (Å²) in [5, 5.41) is 0. The van der Waals surface area contributed by atoms with Gasteiger partial charge in [0.25, 0.3) is 0 Å². The minimum absolute atomic E-state index is 0.230. The van der Waals surface area contributed by atoms with Gasteiger partial charge >= 0.3 is 5.97 Å². The number of methoxy groups -OCH3 is 1. The Kier molecular flexibility index (Phi) is 4.18. The fraction of sp³-hybridized carbons (Fsp3) is 0.188. The molecule has 0 atom stereocenters. The van der Waals surface area contributed by atoms with Crippen molar-refractivity contribution in [3.63, 3.8) is 0 Å². The standard InChI is InChI=1S/C16H16O3/c1-3-16(17)19-15-6-4-5-13(11-15)12-7-9-14(18-2)10-8-12/h4-11H,3H2,1-2H3. The highest BCUT2D eigenvalue weighted by atomic mass is 16.5. The number of carbonyl (C=O) groups is 1. The topological polar surface area (TPSA) is 35.5 Å². The van der Waals surface area contributed by atoms with E-state index in [1.807, 2.05) is 42.5 Å². The van der Waals surface area contributed by atoms with E-state index in [1.165, 1.54) is 0 Å². The summed E-state index contributed by atoms with van der Waals surface area (Å²) in [7, 11) is 1.64. The van der Waals surface area contributed by atoms with E-state index in [4.69, 9.17) is 9.47 Å². The zero-order valence-corrected chi connectivity index (χ0v) is 11.1. The molecular weight excluding hydrogens is 240 g/mol. The molecule has 19 heavy (non-hydrogen) atoms. The van der Waals surface area contributed by atoms with Crippen LogP contribution < -0.4 is 9.47 Å². The largest absolute Gasteiger partial charge is 0.497 e. The summed E-state index contributed by atoms with van der Waals surface area (Å²) in [6.45, 7) is 1.77. The Morgan fingerprint density at radius 2 is 1.74 bits per heavy atom. The zero-order chi connectivity index (χ0) is 13.7. The second-order valence-corrected chi connectivity index (χ2v) is 4.08. The molecular formula is C16H16O3. The maximum Gasteiger partial charge on any atom is 0.310 e. The molecule has 0 aliphatic heterocycles. The molecule has 0 saturated carbocycles. The van der Waals surface area contributed by atoms with Crippen molar-refractivity contribution in [2.45, 2.75) is 13.3 Å². The van der Waals surface area contributed by atoms with Crippen molar-refractivity contribution in [3.05, 3.63) is 48.5 Å². The highest BCUT2D eigenvalue weighted by Gasteiger charge is 2.04. The third kappa shape index (κ3) is 3.35. The summed E-state index contributed by atoms with van der Waals surface area (Å²) in [6, 6.07) is 15.2. The summed E-state index contributed by atoms with van der Waals surface area (Å²) in [4.78, 5) is 11.3. The first-order chi connectivity index (χ1) is 9.22. The molecule has 2 aromatic carbocycles. The molecule has 0 bridgehead atoms. The first-order valence-corrected chi connectivity index (χ1v) is 6.18. The van der Waals surface area contributed by atoms with Gasteiger partial charge in [-0.2, -0.15) is 0 Å². The second kappa shape index (κ2) is 6.05. The van der Waals surface area contributed by atoms with Crippen LogP contribution >= 0.6 is 0 Å². The van der Waals surface area contributed by atoms with E-state index >= 15 is 0 Å². The van der Waals surface area contributed by atoms with Gasteiger partial charge < -0.3 is 9.47 Å². The normalized spacial score (nSPS) is 10.0. The van der Waals surface area contributed by atoms with Crippen LogP contribution in [-0.2, 0) is 4.79 Å². The molecule has 0 aliphatic carbocycles. The Balaban J connectivity index is 2.24. The number of hydrogen-bond donors (Lipinski definition) is 0. The molecule has 0 amide bonds. The Labute approximate surface area is 112 Å². The van der Waals surface area contributed by atoms with Crippen LogP contribution in [0.25, 0.3) is 11.1 Å². The van der Waals surface area contributed by atoms with E-state index in [2.05, 4.69) is 0 Å². The van der Waals surface area contributed by atoms with Gasteiger partial charge in [0.2, 0.25) is 0 Å². The number of rotatable bonds is 4. The van der Waals surface area contributed by atoms with Gasteiger partial charge in [0.05, 0.1) is 7.11 Å². The van der Waals surface area contributed by atoms with Gasteiger partial charge in [-0.1, -0.05) is 31.2 Å². The van der Waals surface area contributed by atoms with Crippen molar-refractivity contribution in [3.8, 4) is 22.6 Å². The lowest BCUT2D eigenvalue weighted by Crippen LogP contribution is -2.05. The molecule has 0 aromatic heterocycles. The number of benzene rings is 2. The predicted octanol–water partition coefficient (Wildman–Crippen LogP) is 3.68. The molecule has 0 fully saturated rings. The highest BCUT2D eigenvalue weighted by molar-refractivity contribution is 5.73. The average molecular weight is 256 g/mol. The van der Waals surface area contributed by atoms with Gasteiger partial charge in [-0.15, -0.1) is 0 Å². The Bertz CT molecular complexity index is 558. The average Bonchev–Trinajstić information content (AvgIpc) is 2.47. The van der Waals surface area contributed by atoms with Crippen molar-refractivity contribution >= 4 is 5.97 Å². The van der Waals surface area contributed by atoms with Crippen LogP contribution in [0.5, 0.6) is 11.5 Å². The maximum absolute atomic E-state index is 11.3. The SMILES string of the molecule is CCC(=O)Oc1cccc(-c2ccc(OC)cc2)c1. The summed E-state index contributed by atoms with van der Waals surface area (Å²) in [5.74, 6) is 1.16. The quantitative estimate of drug-likeness (QED) is 0.618. The molecule has 0 aliphatic rings. The fourth-order valence-electron chi connectivity index (χ4n) is 1.73. The van der Waals surface area contributed by atoms with Crippen LogP contribution in [0, 0.1) is 0 Å². The molecule has 3 heteroatoms. The van der Waals surface area contributed by atoms with E-state index in [-0.39, 0.29) is 5.97 Å². The van der Waals surface area contributed by atoms with Crippen molar-refractivity contribution in [2.75, 3.05) is 7.11 Å². The summed E-state index contributed by atoms with van der Waals surface area (Å²) < 4.78 is 10.3. The van der Waals surface area contributed by atoms with Gasteiger partial charge in [-0.25, -0.2) is 0 Å². The maximum atomic E-state index is 11.3. The van der Waals surface area contributed by atoms with Gasteiger partial charge in [0.15, 0.2) is 0 Å². The van der Waals surface area contributed by atoms with E-state index in [1.54, 1.807) is 20.1 Å². The first kappa shape index (κ1) is 13.1. The third-order valence-electron chi connectivity index (χ3n) is 2.78. The molecule has 2 rings (SSSR count). The molecule has 0 radical (unpaired) electrons. The summed E-state index contributed by atoms with van der Waals surface area (Å²) in [5.41, 5.74) is 2.05. The molecule has 0 saturated heterocycles. The van der Waals surface area contributed by atoms with E-state index in [9.17, 15) is 4.79 Å². The highest BCUT2D eigenvalue weighted by Crippen LogP contribution is 2.25. The molecule has 0 N–H and O–H groups in total. The second-order valence-electron chi connectivity index (χ2n) is 4.08. The fourth-order valence-corrected chi connectivity index (χ4v) is 1.73. The smallest absolute Gasteiger partial charge is 0.310 e. The third-order valence-corrected chi connectivity index (χ3v) is 2.78. The zero-order valence-electron chi connectivity index (χ0n) is 11.1. The lowest BCUT2D eigenvalue weighted by atomic mass is 10.1. The molecule has 0 spiro atoms. The van der Waals surface area contributed by atoms with Gasteiger partial charge in [-0.05, 0) is 35.4 Å². The Morgan fingerprint density at radius 3 is 2.37 bits per heavy atom. The van der Waals surface area contributed by atoms with Gasteiger partial charge in [0.1, 0.15) is 11.5 Å². The molecule has 3 nitrogen and oxygen atoms in total. The van der Waals surface area contributed by atoms with E-state index in [0.29, 0.717) is 12.2 Å². The molecule has 0 unspecified atom stereocenters. The van der Waals surface area contributed by atoms with E-state index < -0.39 is 0 Å². The van der Waals surface area contributed by atoms with Crippen molar-refractivity contribution in [1.82, 2.24) is 0 Å². The van der Waals surface area contributed by atoms with Gasteiger partial charge in [0, 0.05) is 6.42 Å². The number of esters is 1. The van der Waals surface area contributed by atoms with Crippen molar-refractivity contribution < 1.29 is 14.3 Å². The minimum Gasteiger partial charge on any atom is -0.497 e. The number of hydrogen-bond acceptors (Lipinski definition) is 3. The van der Waals surface area contributed by atoms with Crippen LogP contribution in [0.4, 0.5) is 0 Å². The summed E-state index contributed by atoms with van der Waals surface area (Å²) in [6.07, 6.45) is 0.368.